The van der Waals surface area contributed by atoms with Crippen LogP contribution in [0.15, 0.2) is 18.3 Å². The Kier molecular flexibility index (Phi) is 6.84. The minimum atomic E-state index is -0.0470. The molecule has 0 saturated heterocycles. The van der Waals surface area contributed by atoms with Gasteiger partial charge in [0, 0.05) is 40.0 Å². The minimum Gasteiger partial charge on any atom is -0.380 e. The molecule has 0 aliphatic heterocycles. The number of carbonyl (C=O) groups excluding carboxylic acids is 1. The van der Waals surface area contributed by atoms with Gasteiger partial charge in [-0.2, -0.15) is 0 Å². The van der Waals surface area contributed by atoms with Gasteiger partial charge in [0.05, 0.1) is 12.2 Å². The highest BCUT2D eigenvalue weighted by Crippen LogP contribution is 2.06. The van der Waals surface area contributed by atoms with Gasteiger partial charge in [0.15, 0.2) is 0 Å². The van der Waals surface area contributed by atoms with Gasteiger partial charge in [-0.05, 0) is 18.6 Å². The highest BCUT2D eigenvalue weighted by atomic mass is 16.5. The SMILES string of the molecule is CN(C)C(=O)c1ccc(NCCCOCCN)nc1. The van der Waals surface area contributed by atoms with Gasteiger partial charge >= 0.3 is 0 Å². The van der Waals surface area contributed by atoms with E-state index in [1.165, 1.54) is 4.90 Å². The molecular weight excluding hydrogens is 244 g/mol. The van der Waals surface area contributed by atoms with E-state index in [1.54, 1.807) is 32.4 Å². The van der Waals surface area contributed by atoms with Crippen molar-refractivity contribution in [2.75, 3.05) is 45.7 Å². The molecule has 0 bridgehead atoms. The Bertz CT molecular complexity index is 379. The summed E-state index contributed by atoms with van der Waals surface area (Å²) in [6.07, 6.45) is 2.47. The first-order chi connectivity index (χ1) is 9.15. The van der Waals surface area contributed by atoms with E-state index >= 15 is 0 Å². The summed E-state index contributed by atoms with van der Waals surface area (Å²) in [5.41, 5.74) is 5.90. The molecule has 106 valence electrons. The number of hydrogen-bond donors (Lipinski definition) is 2. The third-order valence-corrected chi connectivity index (χ3v) is 2.45. The van der Waals surface area contributed by atoms with Crippen molar-refractivity contribution in [1.82, 2.24) is 9.88 Å². The summed E-state index contributed by atoms with van der Waals surface area (Å²) in [5.74, 6) is 0.711. The zero-order valence-electron chi connectivity index (χ0n) is 11.6. The third kappa shape index (κ3) is 5.67. The molecule has 1 amide bonds. The Morgan fingerprint density at radius 2 is 2.21 bits per heavy atom. The van der Waals surface area contributed by atoms with Crippen LogP contribution in [-0.2, 0) is 4.74 Å². The Morgan fingerprint density at radius 1 is 1.42 bits per heavy atom. The summed E-state index contributed by atoms with van der Waals surface area (Å²) in [6, 6.07) is 3.57. The molecular formula is C13H22N4O2. The summed E-state index contributed by atoms with van der Waals surface area (Å²) in [4.78, 5) is 17.4. The van der Waals surface area contributed by atoms with E-state index in [4.69, 9.17) is 10.5 Å². The van der Waals surface area contributed by atoms with Gasteiger partial charge in [-0.25, -0.2) is 4.98 Å². The maximum atomic E-state index is 11.7. The van der Waals surface area contributed by atoms with E-state index in [1.807, 2.05) is 0 Å². The van der Waals surface area contributed by atoms with Gasteiger partial charge in [-0.1, -0.05) is 0 Å². The van der Waals surface area contributed by atoms with Crippen LogP contribution in [0.2, 0.25) is 0 Å². The predicted octanol–water partition coefficient (Wildman–Crippen LogP) is 0.561. The predicted molar refractivity (Wildman–Crippen MR) is 75.2 cm³/mol. The van der Waals surface area contributed by atoms with Gasteiger partial charge in [-0.15, -0.1) is 0 Å². The summed E-state index contributed by atoms with van der Waals surface area (Å²) >= 11 is 0. The minimum absolute atomic E-state index is 0.0470. The molecule has 3 N–H and O–H groups in total. The summed E-state index contributed by atoms with van der Waals surface area (Å²) in [6.45, 7) is 2.61. The van der Waals surface area contributed by atoms with Crippen molar-refractivity contribution in [3.8, 4) is 0 Å². The van der Waals surface area contributed by atoms with Crippen LogP contribution in [-0.4, -0.2) is 56.2 Å². The molecule has 0 aliphatic rings. The second-order valence-electron chi connectivity index (χ2n) is 4.31. The molecule has 1 heterocycles. The highest BCUT2D eigenvalue weighted by molar-refractivity contribution is 5.93. The van der Waals surface area contributed by atoms with Crippen molar-refractivity contribution in [2.45, 2.75) is 6.42 Å². The van der Waals surface area contributed by atoms with Gasteiger partial charge in [0.2, 0.25) is 0 Å². The number of rotatable bonds is 8. The van der Waals surface area contributed by atoms with Crippen LogP contribution in [0.4, 0.5) is 5.82 Å². The zero-order valence-corrected chi connectivity index (χ0v) is 11.6. The van der Waals surface area contributed by atoms with E-state index < -0.39 is 0 Å². The summed E-state index contributed by atoms with van der Waals surface area (Å²) in [5, 5.41) is 3.17. The lowest BCUT2D eigenvalue weighted by molar-refractivity contribution is 0.0827. The fraction of sp³-hybridized carbons (Fsp3) is 0.538. The van der Waals surface area contributed by atoms with Crippen molar-refractivity contribution < 1.29 is 9.53 Å². The van der Waals surface area contributed by atoms with Crippen LogP contribution in [0.5, 0.6) is 0 Å². The average molecular weight is 266 g/mol. The molecule has 0 fully saturated rings. The van der Waals surface area contributed by atoms with E-state index in [0.29, 0.717) is 25.3 Å². The fourth-order valence-electron chi connectivity index (χ4n) is 1.46. The number of ether oxygens (including phenoxy) is 1. The number of nitrogens with two attached hydrogens (primary N) is 1. The van der Waals surface area contributed by atoms with Crippen molar-refractivity contribution in [2.24, 2.45) is 5.73 Å². The molecule has 0 atom stereocenters. The molecule has 0 aliphatic carbocycles. The maximum Gasteiger partial charge on any atom is 0.254 e. The highest BCUT2D eigenvalue weighted by Gasteiger charge is 2.07. The van der Waals surface area contributed by atoms with E-state index in [0.717, 1.165) is 18.8 Å². The van der Waals surface area contributed by atoms with E-state index in [2.05, 4.69) is 10.3 Å². The molecule has 0 unspecified atom stereocenters. The first-order valence-electron chi connectivity index (χ1n) is 6.34. The fourth-order valence-corrected chi connectivity index (χ4v) is 1.46. The Balaban J connectivity index is 2.30. The quantitative estimate of drug-likeness (QED) is 0.672. The van der Waals surface area contributed by atoms with Crippen molar-refractivity contribution in [3.63, 3.8) is 0 Å². The third-order valence-electron chi connectivity index (χ3n) is 2.45. The van der Waals surface area contributed by atoms with Gasteiger partial charge in [0.25, 0.3) is 5.91 Å². The molecule has 1 rings (SSSR count). The lowest BCUT2D eigenvalue weighted by atomic mass is 10.2. The smallest absolute Gasteiger partial charge is 0.254 e. The summed E-state index contributed by atoms with van der Waals surface area (Å²) < 4.78 is 5.26. The standard InChI is InChI=1S/C13H22N4O2/c1-17(2)13(18)11-4-5-12(16-10-11)15-7-3-8-19-9-6-14/h4-5,10H,3,6-9,14H2,1-2H3,(H,15,16). The van der Waals surface area contributed by atoms with Crippen LogP contribution in [0.1, 0.15) is 16.8 Å². The number of nitrogens with zero attached hydrogens (tertiary/aromatic N) is 2. The normalized spacial score (nSPS) is 10.3. The van der Waals surface area contributed by atoms with Crippen molar-refractivity contribution in [1.29, 1.82) is 0 Å². The number of pyridine rings is 1. The monoisotopic (exact) mass is 266 g/mol. The first-order valence-corrected chi connectivity index (χ1v) is 6.34. The van der Waals surface area contributed by atoms with Crippen molar-refractivity contribution >= 4 is 11.7 Å². The van der Waals surface area contributed by atoms with Gasteiger partial charge in [-0.3, -0.25) is 4.79 Å². The van der Waals surface area contributed by atoms with E-state index in [-0.39, 0.29) is 5.91 Å². The molecule has 19 heavy (non-hydrogen) atoms. The van der Waals surface area contributed by atoms with Gasteiger partial charge in [0.1, 0.15) is 5.82 Å². The lowest BCUT2D eigenvalue weighted by Crippen LogP contribution is -2.21. The largest absolute Gasteiger partial charge is 0.380 e. The Hall–Kier alpha value is -1.66. The molecule has 0 radical (unpaired) electrons. The average Bonchev–Trinajstić information content (AvgIpc) is 2.42. The lowest BCUT2D eigenvalue weighted by Gasteiger charge is -2.10. The molecule has 1 aromatic rings. The first kappa shape index (κ1) is 15.4. The van der Waals surface area contributed by atoms with Crippen molar-refractivity contribution in [3.05, 3.63) is 23.9 Å². The molecule has 0 aromatic carbocycles. The second-order valence-corrected chi connectivity index (χ2v) is 4.31. The van der Waals surface area contributed by atoms with Gasteiger partial charge < -0.3 is 20.7 Å². The molecule has 0 spiro atoms. The van der Waals surface area contributed by atoms with Crippen LogP contribution in [0.25, 0.3) is 0 Å². The molecule has 6 heteroatoms. The topological polar surface area (TPSA) is 80.5 Å². The van der Waals surface area contributed by atoms with E-state index in [9.17, 15) is 4.79 Å². The number of carbonyl (C=O) groups is 1. The zero-order chi connectivity index (χ0) is 14.1. The second kappa shape index (κ2) is 8.44. The van der Waals surface area contributed by atoms with Crippen LogP contribution < -0.4 is 11.1 Å². The summed E-state index contributed by atoms with van der Waals surface area (Å²) in [7, 11) is 3.44. The van der Waals surface area contributed by atoms with Crippen LogP contribution in [0, 0.1) is 0 Å². The number of hydrogen-bond acceptors (Lipinski definition) is 5. The van der Waals surface area contributed by atoms with Crippen LogP contribution >= 0.6 is 0 Å². The number of nitrogens with one attached hydrogen (secondary N) is 1. The number of anilines is 1. The molecule has 1 aromatic heterocycles. The van der Waals surface area contributed by atoms with Crippen LogP contribution in [0.3, 0.4) is 0 Å². The Morgan fingerprint density at radius 3 is 2.79 bits per heavy atom. The molecule has 6 nitrogen and oxygen atoms in total. The molecule has 0 saturated carbocycles. The maximum absolute atomic E-state index is 11.7. The number of aromatic nitrogens is 1. The number of amides is 1. The Labute approximate surface area is 113 Å².